The fraction of sp³-hybridized carbons (Fsp3) is 0.474. The molecule has 1 N–H and O–H groups in total. The van der Waals surface area contributed by atoms with Gasteiger partial charge in [-0.3, -0.25) is 4.79 Å². The maximum atomic E-state index is 12.5. The van der Waals surface area contributed by atoms with E-state index in [4.69, 9.17) is 9.47 Å². The van der Waals surface area contributed by atoms with Crippen LogP contribution in [0.5, 0.6) is 11.5 Å². The molecule has 5 nitrogen and oxygen atoms in total. The zero-order chi connectivity index (χ0) is 18.4. The van der Waals surface area contributed by atoms with Crippen LogP contribution in [-0.4, -0.2) is 26.2 Å². The molecule has 1 aliphatic rings. The normalized spacial score (nSPS) is 20.5. The van der Waals surface area contributed by atoms with E-state index in [1.807, 2.05) is 12.1 Å². The number of carbonyl (C=O) groups excluding carboxylic acids is 1. The third kappa shape index (κ3) is 4.88. The van der Waals surface area contributed by atoms with Crippen molar-refractivity contribution < 1.29 is 14.3 Å². The molecule has 1 aromatic carbocycles. The van der Waals surface area contributed by atoms with Gasteiger partial charge in [0.25, 0.3) is 5.91 Å². The number of rotatable bonds is 5. The standard InChI is InChI=1S/C19H23IN2O3/c1-12-6-4-5-7-16(12)22-19(23)14(11-21)8-13-9-15(20)18(25-3)17(10-13)24-2/h8-10,12,16H,4-7H2,1-3H3,(H,22,23)/b14-8+/t12-,16-/m1/s1. The molecule has 0 aliphatic heterocycles. The van der Waals surface area contributed by atoms with Crippen LogP contribution < -0.4 is 14.8 Å². The van der Waals surface area contributed by atoms with Gasteiger partial charge in [0, 0.05) is 6.04 Å². The van der Waals surface area contributed by atoms with Gasteiger partial charge in [-0.05, 0) is 65.1 Å². The Morgan fingerprint density at radius 1 is 1.32 bits per heavy atom. The van der Waals surface area contributed by atoms with Crippen LogP contribution >= 0.6 is 22.6 Å². The van der Waals surface area contributed by atoms with Gasteiger partial charge in [0.2, 0.25) is 0 Å². The molecule has 134 valence electrons. The summed E-state index contributed by atoms with van der Waals surface area (Å²) >= 11 is 2.14. The van der Waals surface area contributed by atoms with E-state index in [9.17, 15) is 10.1 Å². The number of carbonyl (C=O) groups is 1. The van der Waals surface area contributed by atoms with Gasteiger partial charge in [-0.15, -0.1) is 0 Å². The van der Waals surface area contributed by atoms with Crippen LogP contribution in [0.3, 0.4) is 0 Å². The number of methoxy groups -OCH3 is 2. The first kappa shape index (κ1) is 19.6. The molecule has 1 saturated carbocycles. The zero-order valence-electron chi connectivity index (χ0n) is 14.8. The van der Waals surface area contributed by atoms with Crippen LogP contribution in [-0.2, 0) is 4.79 Å². The summed E-state index contributed by atoms with van der Waals surface area (Å²) in [6.45, 7) is 2.15. The third-order valence-electron chi connectivity index (χ3n) is 4.56. The van der Waals surface area contributed by atoms with E-state index in [1.54, 1.807) is 26.4 Å². The molecule has 0 radical (unpaired) electrons. The molecule has 0 spiro atoms. The summed E-state index contributed by atoms with van der Waals surface area (Å²) in [7, 11) is 3.14. The largest absolute Gasteiger partial charge is 0.493 e. The van der Waals surface area contributed by atoms with Crippen LogP contribution in [0, 0.1) is 20.8 Å². The molecule has 1 aromatic rings. The summed E-state index contributed by atoms with van der Waals surface area (Å²) in [5.74, 6) is 1.34. The number of hydrogen-bond donors (Lipinski definition) is 1. The molecule has 0 aromatic heterocycles. The van der Waals surface area contributed by atoms with Gasteiger partial charge >= 0.3 is 0 Å². The van der Waals surface area contributed by atoms with Gasteiger partial charge in [0.15, 0.2) is 11.5 Å². The SMILES string of the molecule is COc1cc(/C=C(\C#N)C(=O)N[C@@H]2CCCC[C@H]2C)cc(I)c1OC. The molecule has 6 heteroatoms. The van der Waals surface area contributed by atoms with Crippen LogP contribution in [0.4, 0.5) is 0 Å². The molecule has 2 rings (SSSR count). The maximum Gasteiger partial charge on any atom is 0.262 e. The lowest BCUT2D eigenvalue weighted by atomic mass is 9.86. The highest BCUT2D eigenvalue weighted by atomic mass is 127. The van der Waals surface area contributed by atoms with Gasteiger partial charge in [-0.1, -0.05) is 19.8 Å². The lowest BCUT2D eigenvalue weighted by Gasteiger charge is -2.29. The van der Waals surface area contributed by atoms with Crippen molar-refractivity contribution in [3.8, 4) is 17.6 Å². The first-order chi connectivity index (χ1) is 12.0. The van der Waals surface area contributed by atoms with Crippen molar-refractivity contribution in [2.75, 3.05) is 14.2 Å². The van der Waals surface area contributed by atoms with Gasteiger partial charge < -0.3 is 14.8 Å². The highest BCUT2D eigenvalue weighted by molar-refractivity contribution is 14.1. The third-order valence-corrected chi connectivity index (χ3v) is 5.36. The smallest absolute Gasteiger partial charge is 0.262 e. The Hall–Kier alpha value is -1.75. The number of ether oxygens (including phenoxy) is 2. The van der Waals surface area contributed by atoms with Crippen molar-refractivity contribution in [1.82, 2.24) is 5.32 Å². The summed E-state index contributed by atoms with van der Waals surface area (Å²) in [5, 5.41) is 12.4. The van der Waals surface area contributed by atoms with E-state index in [-0.39, 0.29) is 17.5 Å². The number of nitrogens with one attached hydrogen (secondary N) is 1. The van der Waals surface area contributed by atoms with Crippen molar-refractivity contribution in [2.24, 2.45) is 5.92 Å². The number of hydrogen-bond acceptors (Lipinski definition) is 4. The van der Waals surface area contributed by atoms with Crippen molar-refractivity contribution in [3.05, 3.63) is 26.8 Å². The summed E-state index contributed by atoms with van der Waals surface area (Å²) < 4.78 is 11.5. The summed E-state index contributed by atoms with van der Waals surface area (Å²) in [5.41, 5.74) is 0.825. The van der Waals surface area contributed by atoms with E-state index >= 15 is 0 Å². The molecule has 0 saturated heterocycles. The fourth-order valence-electron chi connectivity index (χ4n) is 3.11. The van der Waals surface area contributed by atoms with E-state index in [1.165, 1.54) is 6.42 Å². The average Bonchev–Trinajstić information content (AvgIpc) is 2.60. The Labute approximate surface area is 162 Å². The molecule has 1 aliphatic carbocycles. The predicted octanol–water partition coefficient (Wildman–Crippen LogP) is 3.91. The second kappa shape index (κ2) is 9.09. The lowest BCUT2D eigenvalue weighted by Crippen LogP contribution is -2.41. The van der Waals surface area contributed by atoms with E-state index in [0.29, 0.717) is 17.4 Å². The van der Waals surface area contributed by atoms with E-state index in [0.717, 1.165) is 28.4 Å². The van der Waals surface area contributed by atoms with Crippen molar-refractivity contribution >= 4 is 34.6 Å². The van der Waals surface area contributed by atoms with Gasteiger partial charge in [0.1, 0.15) is 11.6 Å². The molecule has 0 bridgehead atoms. The second-order valence-corrected chi connectivity index (χ2v) is 7.41. The highest BCUT2D eigenvalue weighted by Crippen LogP contribution is 2.34. The second-order valence-electron chi connectivity index (χ2n) is 6.25. The average molecular weight is 454 g/mol. The van der Waals surface area contributed by atoms with E-state index in [2.05, 4.69) is 34.8 Å². The van der Waals surface area contributed by atoms with Gasteiger partial charge in [-0.25, -0.2) is 0 Å². The summed E-state index contributed by atoms with van der Waals surface area (Å²) in [4.78, 5) is 12.5. The summed E-state index contributed by atoms with van der Waals surface area (Å²) in [6, 6.07) is 5.77. The van der Waals surface area contributed by atoms with Crippen LogP contribution in [0.1, 0.15) is 38.2 Å². The Balaban J connectivity index is 2.23. The molecule has 2 atom stereocenters. The number of halogens is 1. The number of amides is 1. The number of benzene rings is 1. The molecular weight excluding hydrogens is 431 g/mol. The minimum atomic E-state index is -0.314. The van der Waals surface area contributed by atoms with E-state index < -0.39 is 0 Å². The van der Waals surface area contributed by atoms with Crippen molar-refractivity contribution in [3.63, 3.8) is 0 Å². The number of nitrogens with zero attached hydrogens (tertiary/aromatic N) is 1. The molecule has 25 heavy (non-hydrogen) atoms. The highest BCUT2D eigenvalue weighted by Gasteiger charge is 2.24. The fourth-order valence-corrected chi connectivity index (χ4v) is 3.96. The summed E-state index contributed by atoms with van der Waals surface area (Å²) in [6.07, 6.45) is 6.00. The predicted molar refractivity (Wildman–Crippen MR) is 105 cm³/mol. The van der Waals surface area contributed by atoms with Crippen molar-refractivity contribution in [2.45, 2.75) is 38.6 Å². The van der Waals surface area contributed by atoms with Crippen molar-refractivity contribution in [1.29, 1.82) is 5.26 Å². The van der Waals surface area contributed by atoms with Gasteiger partial charge in [-0.2, -0.15) is 5.26 Å². The Morgan fingerprint density at radius 3 is 2.64 bits per heavy atom. The molecule has 1 fully saturated rings. The molecule has 1 amide bonds. The Morgan fingerprint density at radius 2 is 2.04 bits per heavy atom. The van der Waals surface area contributed by atoms with Crippen LogP contribution in [0.2, 0.25) is 0 Å². The lowest BCUT2D eigenvalue weighted by molar-refractivity contribution is -0.118. The maximum absolute atomic E-state index is 12.5. The number of nitriles is 1. The first-order valence-corrected chi connectivity index (χ1v) is 9.42. The minimum Gasteiger partial charge on any atom is -0.493 e. The first-order valence-electron chi connectivity index (χ1n) is 8.34. The molecular formula is C19H23IN2O3. The Bertz CT molecular complexity index is 709. The minimum absolute atomic E-state index is 0.0980. The molecule has 0 unspecified atom stereocenters. The quantitative estimate of drug-likeness (QED) is 0.416. The van der Waals surface area contributed by atoms with Crippen LogP contribution in [0.25, 0.3) is 6.08 Å². The molecule has 0 heterocycles. The van der Waals surface area contributed by atoms with Crippen LogP contribution in [0.15, 0.2) is 17.7 Å². The Kier molecular flexibility index (Phi) is 7.12. The van der Waals surface area contributed by atoms with Gasteiger partial charge in [0.05, 0.1) is 17.8 Å². The monoisotopic (exact) mass is 454 g/mol. The topological polar surface area (TPSA) is 71.3 Å². The zero-order valence-corrected chi connectivity index (χ0v) is 16.9.